The van der Waals surface area contributed by atoms with Crippen LogP contribution >= 0.6 is 0 Å². The van der Waals surface area contributed by atoms with Gasteiger partial charge in [-0.25, -0.2) is 14.5 Å². The third kappa shape index (κ3) is 7.08. The zero-order chi connectivity index (χ0) is 20.3. The van der Waals surface area contributed by atoms with Crippen molar-refractivity contribution in [3.8, 4) is 0 Å². The van der Waals surface area contributed by atoms with E-state index in [1.165, 1.54) is 12.1 Å². The standard InChI is InChI=1S/C18H26N2O6/c1-12-8-13(10-14(9-12)20(23)24)11-19(15(21)25-17(2,3)4)16(22)26-18(5,6)7/h8-10H,11H2,1-7H3. The third-order valence-electron chi connectivity index (χ3n) is 2.90. The van der Waals surface area contributed by atoms with Crippen molar-refractivity contribution in [3.63, 3.8) is 0 Å². The number of hydrogen-bond acceptors (Lipinski definition) is 6. The molecule has 2 amide bonds. The molecule has 0 aromatic heterocycles. The molecule has 0 aliphatic heterocycles. The number of non-ortho nitro benzene ring substituents is 1. The van der Waals surface area contributed by atoms with E-state index in [-0.39, 0.29) is 12.2 Å². The van der Waals surface area contributed by atoms with E-state index >= 15 is 0 Å². The molecule has 0 N–H and O–H groups in total. The van der Waals surface area contributed by atoms with Crippen molar-refractivity contribution in [1.82, 2.24) is 4.90 Å². The summed E-state index contributed by atoms with van der Waals surface area (Å²) in [5, 5.41) is 11.0. The molecule has 0 radical (unpaired) electrons. The molecule has 0 spiro atoms. The van der Waals surface area contributed by atoms with Gasteiger partial charge in [-0.2, -0.15) is 0 Å². The van der Waals surface area contributed by atoms with Crippen molar-refractivity contribution < 1.29 is 24.0 Å². The zero-order valence-corrected chi connectivity index (χ0v) is 16.3. The van der Waals surface area contributed by atoms with Crippen molar-refractivity contribution in [3.05, 3.63) is 39.4 Å². The summed E-state index contributed by atoms with van der Waals surface area (Å²) in [6.07, 6.45) is -1.76. The lowest BCUT2D eigenvalue weighted by molar-refractivity contribution is -0.385. The minimum absolute atomic E-state index is 0.117. The van der Waals surface area contributed by atoms with Crippen molar-refractivity contribution >= 4 is 17.9 Å². The predicted octanol–water partition coefficient (Wildman–Crippen LogP) is 4.58. The lowest BCUT2D eigenvalue weighted by Gasteiger charge is -2.28. The van der Waals surface area contributed by atoms with Gasteiger partial charge in [0.1, 0.15) is 11.2 Å². The number of nitro groups is 1. The van der Waals surface area contributed by atoms with Gasteiger partial charge in [0.25, 0.3) is 5.69 Å². The van der Waals surface area contributed by atoms with Crippen molar-refractivity contribution in [2.24, 2.45) is 0 Å². The molecule has 144 valence electrons. The van der Waals surface area contributed by atoms with Gasteiger partial charge in [-0.1, -0.05) is 6.07 Å². The lowest BCUT2D eigenvalue weighted by Crippen LogP contribution is -2.43. The van der Waals surface area contributed by atoms with Crippen LogP contribution < -0.4 is 0 Å². The maximum atomic E-state index is 12.5. The molecule has 0 aliphatic rings. The van der Waals surface area contributed by atoms with Crippen LogP contribution in [0.5, 0.6) is 0 Å². The predicted molar refractivity (Wildman–Crippen MR) is 95.8 cm³/mol. The van der Waals surface area contributed by atoms with Crippen LogP contribution in [0.2, 0.25) is 0 Å². The normalized spacial score (nSPS) is 11.7. The second-order valence-corrected chi connectivity index (χ2v) is 7.98. The number of aryl methyl sites for hydroxylation is 1. The molecule has 0 saturated heterocycles. The summed E-state index contributed by atoms with van der Waals surface area (Å²) in [5.74, 6) is 0. The Morgan fingerprint density at radius 3 is 1.85 bits per heavy atom. The van der Waals surface area contributed by atoms with Crippen LogP contribution in [0.25, 0.3) is 0 Å². The molecule has 8 heteroatoms. The number of benzene rings is 1. The first-order valence-electron chi connectivity index (χ1n) is 8.16. The monoisotopic (exact) mass is 366 g/mol. The van der Waals surface area contributed by atoms with E-state index in [2.05, 4.69) is 0 Å². The third-order valence-corrected chi connectivity index (χ3v) is 2.90. The number of amides is 2. The molecule has 0 aliphatic carbocycles. The molecule has 1 aromatic rings. The van der Waals surface area contributed by atoms with E-state index in [9.17, 15) is 19.7 Å². The molecule has 0 unspecified atom stereocenters. The highest BCUT2D eigenvalue weighted by Gasteiger charge is 2.31. The second kappa shape index (κ2) is 7.72. The van der Waals surface area contributed by atoms with Crippen LogP contribution in [0, 0.1) is 17.0 Å². The minimum atomic E-state index is -0.879. The van der Waals surface area contributed by atoms with Crippen molar-refractivity contribution in [1.29, 1.82) is 0 Å². The summed E-state index contributed by atoms with van der Waals surface area (Å²) < 4.78 is 10.5. The van der Waals surface area contributed by atoms with Crippen LogP contribution in [0.1, 0.15) is 52.7 Å². The van der Waals surface area contributed by atoms with Crippen molar-refractivity contribution in [2.75, 3.05) is 0 Å². The Balaban J connectivity index is 3.18. The molecule has 0 heterocycles. The summed E-state index contributed by atoms with van der Waals surface area (Å²) in [7, 11) is 0. The number of ether oxygens (including phenoxy) is 2. The number of rotatable bonds is 3. The maximum absolute atomic E-state index is 12.5. The Hall–Kier alpha value is -2.64. The van der Waals surface area contributed by atoms with E-state index in [1.807, 2.05) is 0 Å². The fourth-order valence-electron chi connectivity index (χ4n) is 2.06. The molecule has 1 aromatic carbocycles. The van der Waals surface area contributed by atoms with Crippen LogP contribution in [0.15, 0.2) is 18.2 Å². The fraction of sp³-hybridized carbons (Fsp3) is 0.556. The Morgan fingerprint density at radius 1 is 1.00 bits per heavy atom. The average Bonchev–Trinajstić information content (AvgIpc) is 2.40. The fourth-order valence-corrected chi connectivity index (χ4v) is 2.06. The Morgan fingerprint density at radius 2 is 1.46 bits per heavy atom. The van der Waals surface area contributed by atoms with Crippen LogP contribution in [-0.4, -0.2) is 33.2 Å². The van der Waals surface area contributed by atoms with Gasteiger partial charge < -0.3 is 9.47 Å². The van der Waals surface area contributed by atoms with Crippen molar-refractivity contribution in [2.45, 2.75) is 66.2 Å². The first-order chi connectivity index (χ1) is 11.7. The van der Waals surface area contributed by atoms with E-state index in [1.54, 1.807) is 54.5 Å². The van der Waals surface area contributed by atoms with Gasteiger partial charge in [-0.05, 0) is 59.6 Å². The topological polar surface area (TPSA) is 99.0 Å². The summed E-state index contributed by atoms with van der Waals surface area (Å²) in [6, 6.07) is 4.39. The molecule has 0 atom stereocenters. The highest BCUT2D eigenvalue weighted by Crippen LogP contribution is 2.21. The summed E-state index contributed by atoms with van der Waals surface area (Å²) in [6.45, 7) is 11.6. The zero-order valence-electron chi connectivity index (χ0n) is 16.3. The average molecular weight is 366 g/mol. The molecule has 0 saturated carbocycles. The summed E-state index contributed by atoms with van der Waals surface area (Å²) >= 11 is 0. The number of nitrogens with zero attached hydrogens (tertiary/aromatic N) is 2. The van der Waals surface area contributed by atoms with Gasteiger partial charge in [0.15, 0.2) is 0 Å². The van der Waals surface area contributed by atoms with Gasteiger partial charge in [0.2, 0.25) is 0 Å². The van der Waals surface area contributed by atoms with Gasteiger partial charge in [0, 0.05) is 12.1 Å². The molecule has 0 bridgehead atoms. The van der Waals surface area contributed by atoms with E-state index in [4.69, 9.17) is 9.47 Å². The Bertz CT molecular complexity index is 673. The number of hydrogen-bond donors (Lipinski definition) is 0. The quantitative estimate of drug-likeness (QED) is 0.574. The molecule has 0 fully saturated rings. The molecular formula is C18H26N2O6. The SMILES string of the molecule is Cc1cc(CN(C(=O)OC(C)(C)C)C(=O)OC(C)(C)C)cc([N+](=O)[O-])c1. The van der Waals surface area contributed by atoms with Gasteiger partial charge in [-0.3, -0.25) is 10.1 Å². The first-order valence-corrected chi connectivity index (χ1v) is 8.16. The van der Waals surface area contributed by atoms with Crippen LogP contribution in [0.4, 0.5) is 15.3 Å². The second-order valence-electron chi connectivity index (χ2n) is 7.98. The lowest BCUT2D eigenvalue weighted by atomic mass is 10.1. The van der Waals surface area contributed by atoms with E-state index in [0.717, 1.165) is 4.90 Å². The first kappa shape index (κ1) is 21.4. The summed E-state index contributed by atoms with van der Waals surface area (Å²) in [5.41, 5.74) is -0.671. The highest BCUT2D eigenvalue weighted by atomic mass is 16.6. The van der Waals surface area contributed by atoms with Gasteiger partial charge >= 0.3 is 12.2 Å². The smallest absolute Gasteiger partial charge is 0.420 e. The number of nitro benzene ring substituents is 1. The van der Waals surface area contributed by atoms with E-state index in [0.29, 0.717) is 11.1 Å². The number of carbonyl (C=O) groups excluding carboxylic acids is 2. The van der Waals surface area contributed by atoms with Crippen LogP contribution in [0.3, 0.4) is 0 Å². The highest BCUT2D eigenvalue weighted by molar-refractivity contribution is 5.88. The number of carbonyl (C=O) groups is 2. The Kier molecular flexibility index (Phi) is 6.35. The van der Waals surface area contributed by atoms with E-state index < -0.39 is 28.3 Å². The largest absolute Gasteiger partial charge is 0.443 e. The number of imide groups is 1. The van der Waals surface area contributed by atoms with Crippen LogP contribution in [-0.2, 0) is 16.0 Å². The molecular weight excluding hydrogens is 340 g/mol. The molecule has 26 heavy (non-hydrogen) atoms. The van der Waals surface area contributed by atoms with Gasteiger partial charge in [0.05, 0.1) is 11.5 Å². The molecule has 8 nitrogen and oxygen atoms in total. The van der Waals surface area contributed by atoms with Gasteiger partial charge in [-0.15, -0.1) is 0 Å². The minimum Gasteiger partial charge on any atom is -0.443 e. The maximum Gasteiger partial charge on any atom is 0.420 e. The molecule has 1 rings (SSSR count). The summed E-state index contributed by atoms with van der Waals surface area (Å²) in [4.78, 5) is 36.2. The Labute approximate surface area is 153 Å².